The number of aliphatic hydroxyl groups excluding tert-OH is 1. The van der Waals surface area contributed by atoms with Gasteiger partial charge in [0.2, 0.25) is 10.0 Å². The highest BCUT2D eigenvalue weighted by Gasteiger charge is 2.14. The molecule has 0 fully saturated rings. The van der Waals surface area contributed by atoms with Gasteiger partial charge in [0.15, 0.2) is 0 Å². The fraction of sp³-hybridized carbons (Fsp3) is 0.412. The zero-order valence-electron chi connectivity index (χ0n) is 13.5. The summed E-state index contributed by atoms with van der Waals surface area (Å²) in [5.74, 6) is 0.456. The lowest BCUT2D eigenvalue weighted by atomic mass is 10.1. The van der Waals surface area contributed by atoms with Crippen molar-refractivity contribution in [3.8, 4) is 5.75 Å². The van der Waals surface area contributed by atoms with Crippen LogP contribution in [0.1, 0.15) is 37.9 Å². The minimum Gasteiger partial charge on any atom is -0.487 e. The number of rotatable bonds is 7. The summed E-state index contributed by atoms with van der Waals surface area (Å²) in [4.78, 5) is 0. The van der Waals surface area contributed by atoms with Crippen LogP contribution >= 0.6 is 0 Å². The van der Waals surface area contributed by atoms with Gasteiger partial charge in [-0.3, -0.25) is 4.72 Å². The molecule has 1 aromatic carbocycles. The molecule has 0 saturated carbocycles. The van der Waals surface area contributed by atoms with Gasteiger partial charge >= 0.3 is 0 Å². The molecule has 126 valence electrons. The van der Waals surface area contributed by atoms with E-state index in [-0.39, 0.29) is 0 Å². The first kappa shape index (κ1) is 17.6. The number of nitrogens with one attached hydrogen (secondary N) is 1. The van der Waals surface area contributed by atoms with E-state index in [1.165, 1.54) is 0 Å². The smallest absolute Gasteiger partial charge is 0.229 e. The predicted octanol–water partition coefficient (Wildman–Crippen LogP) is 3.16. The Bertz CT molecular complexity index is 707. The SMILES string of the molecule is CC[C@H](O)c1ccc(OCC2=CC=CCC2)c(NS(C)(=O)=O)c1. The van der Waals surface area contributed by atoms with Gasteiger partial charge in [-0.25, -0.2) is 8.42 Å². The van der Waals surface area contributed by atoms with Gasteiger partial charge in [0.25, 0.3) is 0 Å². The minimum atomic E-state index is -3.43. The number of sulfonamides is 1. The Kier molecular flexibility index (Phi) is 5.85. The number of ether oxygens (including phenoxy) is 1. The van der Waals surface area contributed by atoms with E-state index in [0.717, 1.165) is 24.7 Å². The molecule has 2 rings (SSSR count). The first-order valence-electron chi connectivity index (χ1n) is 7.66. The standard InChI is InChI=1S/C17H23NO4S/c1-3-16(19)14-9-10-17(15(11-14)18-23(2,20)21)22-12-13-7-5-4-6-8-13/h4-5,7,9-11,16,18-19H,3,6,8,12H2,1-2H3/t16-/m0/s1. The first-order valence-corrected chi connectivity index (χ1v) is 9.55. The summed E-state index contributed by atoms with van der Waals surface area (Å²) in [6.07, 6.45) is 9.06. The highest BCUT2D eigenvalue weighted by Crippen LogP contribution is 2.30. The van der Waals surface area contributed by atoms with Crippen molar-refractivity contribution in [3.63, 3.8) is 0 Å². The molecule has 2 N–H and O–H groups in total. The lowest BCUT2D eigenvalue weighted by molar-refractivity contribution is 0.173. The first-order chi connectivity index (χ1) is 10.9. The Balaban J connectivity index is 2.22. The second kappa shape index (κ2) is 7.66. The normalized spacial score (nSPS) is 15.9. The molecule has 1 aliphatic rings. The fourth-order valence-electron chi connectivity index (χ4n) is 2.34. The number of hydrogen-bond acceptors (Lipinski definition) is 4. The molecule has 0 aromatic heterocycles. The van der Waals surface area contributed by atoms with Crippen LogP contribution in [0.15, 0.2) is 42.0 Å². The molecule has 0 bridgehead atoms. The average Bonchev–Trinajstić information content (AvgIpc) is 2.52. The van der Waals surface area contributed by atoms with Crippen LogP contribution in [-0.2, 0) is 10.0 Å². The molecule has 1 aromatic rings. The second-order valence-corrected chi connectivity index (χ2v) is 7.38. The van der Waals surface area contributed by atoms with E-state index in [0.29, 0.717) is 30.0 Å². The Hall–Kier alpha value is -1.79. The van der Waals surface area contributed by atoms with Gasteiger partial charge in [0.1, 0.15) is 12.4 Å². The molecule has 1 aliphatic carbocycles. The van der Waals surface area contributed by atoms with Crippen LogP contribution in [0, 0.1) is 0 Å². The Labute approximate surface area is 137 Å². The van der Waals surface area contributed by atoms with E-state index < -0.39 is 16.1 Å². The molecule has 6 heteroatoms. The summed E-state index contributed by atoms with van der Waals surface area (Å²) in [5, 5.41) is 9.94. The molecule has 0 unspecified atom stereocenters. The van der Waals surface area contributed by atoms with Gasteiger partial charge < -0.3 is 9.84 Å². The van der Waals surface area contributed by atoms with Crippen LogP contribution < -0.4 is 9.46 Å². The van der Waals surface area contributed by atoms with E-state index in [9.17, 15) is 13.5 Å². The third-order valence-electron chi connectivity index (χ3n) is 3.58. The van der Waals surface area contributed by atoms with Crippen molar-refractivity contribution in [2.24, 2.45) is 0 Å². The molecule has 0 radical (unpaired) electrons. The van der Waals surface area contributed by atoms with Crippen molar-refractivity contribution in [1.82, 2.24) is 0 Å². The van der Waals surface area contributed by atoms with E-state index in [1.54, 1.807) is 18.2 Å². The van der Waals surface area contributed by atoms with E-state index in [1.807, 2.05) is 19.1 Å². The number of aliphatic hydroxyl groups is 1. The zero-order valence-corrected chi connectivity index (χ0v) is 14.3. The fourth-order valence-corrected chi connectivity index (χ4v) is 2.90. The van der Waals surface area contributed by atoms with Gasteiger partial charge in [-0.15, -0.1) is 0 Å². The summed E-state index contributed by atoms with van der Waals surface area (Å²) in [7, 11) is -3.43. The summed E-state index contributed by atoms with van der Waals surface area (Å²) >= 11 is 0. The van der Waals surface area contributed by atoms with E-state index >= 15 is 0 Å². The molecule has 5 nitrogen and oxygen atoms in total. The molecule has 0 spiro atoms. The van der Waals surface area contributed by atoms with Crippen molar-refractivity contribution in [3.05, 3.63) is 47.6 Å². The molecule has 0 amide bonds. The van der Waals surface area contributed by atoms with Gasteiger partial charge in [-0.1, -0.05) is 31.2 Å². The maximum Gasteiger partial charge on any atom is 0.229 e. The number of allylic oxidation sites excluding steroid dienone is 3. The summed E-state index contributed by atoms with van der Waals surface area (Å²) in [5.41, 5.74) is 2.17. The van der Waals surface area contributed by atoms with Crippen molar-refractivity contribution in [2.75, 3.05) is 17.6 Å². The summed E-state index contributed by atoms with van der Waals surface area (Å²) in [6, 6.07) is 5.08. The second-order valence-electron chi connectivity index (χ2n) is 5.63. The van der Waals surface area contributed by atoms with Crippen LogP contribution in [0.25, 0.3) is 0 Å². The minimum absolute atomic E-state index is 0.351. The molecular formula is C17H23NO4S. The topological polar surface area (TPSA) is 75.6 Å². The highest BCUT2D eigenvalue weighted by molar-refractivity contribution is 7.92. The lowest BCUT2D eigenvalue weighted by Crippen LogP contribution is -2.12. The monoisotopic (exact) mass is 337 g/mol. The maximum atomic E-state index is 11.6. The summed E-state index contributed by atoms with van der Waals surface area (Å²) < 4.78 is 31.4. The quantitative estimate of drug-likeness (QED) is 0.801. The van der Waals surface area contributed by atoms with Gasteiger partial charge in [-0.2, -0.15) is 0 Å². The van der Waals surface area contributed by atoms with Crippen molar-refractivity contribution >= 4 is 15.7 Å². The van der Waals surface area contributed by atoms with Crippen molar-refractivity contribution < 1.29 is 18.3 Å². The molecule has 1 atom stereocenters. The number of anilines is 1. The van der Waals surface area contributed by atoms with Crippen LogP contribution in [0.4, 0.5) is 5.69 Å². The molecule has 0 aliphatic heterocycles. The zero-order chi connectivity index (χ0) is 16.9. The molecule has 23 heavy (non-hydrogen) atoms. The Morgan fingerprint density at radius 2 is 2.17 bits per heavy atom. The highest BCUT2D eigenvalue weighted by atomic mass is 32.2. The van der Waals surface area contributed by atoms with Crippen LogP contribution in [0.2, 0.25) is 0 Å². The predicted molar refractivity (Wildman–Crippen MR) is 92.1 cm³/mol. The molecular weight excluding hydrogens is 314 g/mol. The Morgan fingerprint density at radius 1 is 1.39 bits per heavy atom. The summed E-state index contributed by atoms with van der Waals surface area (Å²) in [6.45, 7) is 2.28. The average molecular weight is 337 g/mol. The molecule has 0 heterocycles. The van der Waals surface area contributed by atoms with E-state index in [2.05, 4.69) is 10.8 Å². The van der Waals surface area contributed by atoms with Crippen LogP contribution in [-0.4, -0.2) is 26.4 Å². The number of benzene rings is 1. The Morgan fingerprint density at radius 3 is 2.78 bits per heavy atom. The third kappa shape index (κ3) is 5.41. The van der Waals surface area contributed by atoms with Crippen LogP contribution in [0.3, 0.4) is 0 Å². The van der Waals surface area contributed by atoms with Gasteiger partial charge in [0, 0.05) is 0 Å². The largest absolute Gasteiger partial charge is 0.487 e. The molecule has 0 saturated heterocycles. The van der Waals surface area contributed by atoms with Crippen molar-refractivity contribution in [2.45, 2.75) is 32.3 Å². The van der Waals surface area contributed by atoms with Gasteiger partial charge in [-0.05, 0) is 42.5 Å². The van der Waals surface area contributed by atoms with Crippen molar-refractivity contribution in [1.29, 1.82) is 0 Å². The maximum absolute atomic E-state index is 11.6. The van der Waals surface area contributed by atoms with Crippen LogP contribution in [0.5, 0.6) is 5.75 Å². The third-order valence-corrected chi connectivity index (χ3v) is 4.17. The van der Waals surface area contributed by atoms with Gasteiger partial charge in [0.05, 0.1) is 18.0 Å². The number of hydrogen-bond donors (Lipinski definition) is 2. The lowest BCUT2D eigenvalue weighted by Gasteiger charge is -2.17. The van der Waals surface area contributed by atoms with E-state index in [4.69, 9.17) is 4.74 Å².